The third kappa shape index (κ3) is 3.60. The first-order valence-electron chi connectivity index (χ1n) is 5.53. The molecule has 0 spiro atoms. The quantitative estimate of drug-likeness (QED) is 0.851. The smallest absolute Gasteiger partial charge is 0.161 e. The third-order valence-electron chi connectivity index (χ3n) is 2.30. The van der Waals surface area contributed by atoms with Crippen LogP contribution in [0.25, 0.3) is 0 Å². The predicted octanol–water partition coefficient (Wildman–Crippen LogP) is 2.59. The molecule has 0 saturated carbocycles. The van der Waals surface area contributed by atoms with E-state index in [0.29, 0.717) is 11.4 Å². The van der Waals surface area contributed by atoms with Crippen LogP contribution in [-0.2, 0) is 27.8 Å². The van der Waals surface area contributed by atoms with E-state index in [4.69, 9.17) is 0 Å². The summed E-state index contributed by atoms with van der Waals surface area (Å²) in [6.07, 6.45) is 0.843. The van der Waals surface area contributed by atoms with Crippen molar-refractivity contribution in [2.75, 3.05) is 0 Å². The summed E-state index contributed by atoms with van der Waals surface area (Å²) in [5.74, 6) is -0.00357. The van der Waals surface area contributed by atoms with Crippen molar-refractivity contribution < 1.29 is 8.42 Å². The molecule has 98 valence electrons. The average Bonchev–Trinajstić information content (AvgIpc) is 2.86. The van der Waals surface area contributed by atoms with Crippen molar-refractivity contribution in [1.29, 1.82) is 0 Å². The van der Waals surface area contributed by atoms with E-state index in [0.717, 1.165) is 16.4 Å². The van der Waals surface area contributed by atoms with Gasteiger partial charge in [-0.1, -0.05) is 6.92 Å². The number of sulfone groups is 1. The Balaban J connectivity index is 2.07. The van der Waals surface area contributed by atoms with Crippen LogP contribution in [-0.4, -0.2) is 18.4 Å². The van der Waals surface area contributed by atoms with Crippen LogP contribution in [0.4, 0.5) is 0 Å². The van der Waals surface area contributed by atoms with Crippen LogP contribution in [0.15, 0.2) is 10.8 Å². The van der Waals surface area contributed by atoms with E-state index < -0.39 is 9.84 Å². The van der Waals surface area contributed by atoms with E-state index in [-0.39, 0.29) is 11.5 Å². The lowest BCUT2D eigenvalue weighted by Gasteiger charge is -1.99. The molecule has 2 heterocycles. The van der Waals surface area contributed by atoms with Crippen LogP contribution in [0.2, 0.25) is 0 Å². The van der Waals surface area contributed by atoms with Crippen LogP contribution in [0.3, 0.4) is 0 Å². The summed E-state index contributed by atoms with van der Waals surface area (Å²) in [6.45, 7) is 3.88. The molecule has 2 aromatic heterocycles. The number of thiazole rings is 2. The molecule has 4 nitrogen and oxygen atoms in total. The van der Waals surface area contributed by atoms with Crippen LogP contribution < -0.4 is 0 Å². The number of rotatable bonds is 5. The molecule has 0 unspecified atom stereocenters. The molecule has 0 bridgehead atoms. The molecule has 2 aromatic rings. The van der Waals surface area contributed by atoms with Gasteiger partial charge in [0.05, 0.1) is 32.9 Å². The van der Waals surface area contributed by atoms with E-state index >= 15 is 0 Å². The summed E-state index contributed by atoms with van der Waals surface area (Å²) in [7, 11) is -3.18. The van der Waals surface area contributed by atoms with E-state index in [1.807, 2.05) is 19.2 Å². The molecule has 0 amide bonds. The monoisotopic (exact) mass is 302 g/mol. The van der Waals surface area contributed by atoms with Gasteiger partial charge in [0.15, 0.2) is 9.84 Å². The van der Waals surface area contributed by atoms with Gasteiger partial charge in [0.2, 0.25) is 0 Å². The van der Waals surface area contributed by atoms with Crippen LogP contribution in [0, 0.1) is 6.92 Å². The van der Waals surface area contributed by atoms with Crippen molar-refractivity contribution in [1.82, 2.24) is 9.97 Å². The van der Waals surface area contributed by atoms with Crippen molar-refractivity contribution in [3.63, 3.8) is 0 Å². The Bertz CT molecular complexity index is 628. The fourth-order valence-electron chi connectivity index (χ4n) is 1.55. The second-order valence-corrected chi connectivity index (χ2v) is 8.05. The van der Waals surface area contributed by atoms with Gasteiger partial charge in [0.25, 0.3) is 0 Å². The Morgan fingerprint density at radius 3 is 2.22 bits per heavy atom. The van der Waals surface area contributed by atoms with Crippen molar-refractivity contribution in [3.05, 3.63) is 32.2 Å². The minimum Gasteiger partial charge on any atom is -0.246 e. The van der Waals surface area contributed by atoms with Crippen molar-refractivity contribution >= 4 is 32.5 Å². The lowest BCUT2D eigenvalue weighted by atomic mass is 10.5. The molecule has 0 saturated heterocycles. The molecule has 0 aromatic carbocycles. The maximum absolute atomic E-state index is 12.0. The SMILES string of the molecule is CCc1nc(CS(=O)(=O)Cc2csc(C)n2)cs1. The molecule has 2 rings (SSSR count). The summed E-state index contributed by atoms with van der Waals surface area (Å²) in [5.41, 5.74) is 1.27. The molecule has 18 heavy (non-hydrogen) atoms. The van der Waals surface area contributed by atoms with Gasteiger partial charge in [-0.3, -0.25) is 0 Å². The molecule has 0 aliphatic carbocycles. The van der Waals surface area contributed by atoms with Gasteiger partial charge in [0, 0.05) is 10.8 Å². The number of aryl methyl sites for hydroxylation is 2. The molecule has 0 fully saturated rings. The lowest BCUT2D eigenvalue weighted by molar-refractivity contribution is 0.593. The van der Waals surface area contributed by atoms with Gasteiger partial charge < -0.3 is 0 Å². The first kappa shape index (κ1) is 13.6. The Labute approximate surface area is 115 Å². The van der Waals surface area contributed by atoms with Crippen molar-refractivity contribution in [3.8, 4) is 0 Å². The average molecular weight is 302 g/mol. The standard InChI is InChI=1S/C11H14N2O2S3/c1-3-11-13-10(5-17-11)7-18(14,15)6-9-4-16-8(2)12-9/h4-5H,3,6-7H2,1-2H3. The summed E-state index contributed by atoms with van der Waals surface area (Å²) < 4.78 is 24.0. The molecule has 0 aliphatic rings. The first-order chi connectivity index (χ1) is 8.48. The first-order valence-corrected chi connectivity index (χ1v) is 9.11. The van der Waals surface area contributed by atoms with Crippen LogP contribution >= 0.6 is 22.7 Å². The number of nitrogens with zero attached hydrogens (tertiary/aromatic N) is 2. The Morgan fingerprint density at radius 1 is 1.11 bits per heavy atom. The number of hydrogen-bond acceptors (Lipinski definition) is 6. The zero-order valence-electron chi connectivity index (χ0n) is 10.2. The molecule has 0 atom stereocenters. The summed E-state index contributed by atoms with van der Waals surface area (Å²) in [6, 6.07) is 0. The minimum absolute atomic E-state index is 0.0000737. The summed E-state index contributed by atoms with van der Waals surface area (Å²) >= 11 is 2.98. The highest BCUT2D eigenvalue weighted by atomic mass is 32.2. The van der Waals surface area contributed by atoms with Crippen LogP contribution in [0.1, 0.15) is 28.3 Å². The maximum Gasteiger partial charge on any atom is 0.161 e. The van der Waals surface area contributed by atoms with E-state index in [1.54, 1.807) is 5.38 Å². The highest BCUT2D eigenvalue weighted by Gasteiger charge is 2.16. The largest absolute Gasteiger partial charge is 0.246 e. The van der Waals surface area contributed by atoms with Gasteiger partial charge in [0.1, 0.15) is 0 Å². The Hall–Kier alpha value is -0.790. The summed E-state index contributed by atoms with van der Waals surface area (Å²) in [4.78, 5) is 8.46. The zero-order chi connectivity index (χ0) is 13.2. The molecular formula is C11H14N2O2S3. The third-order valence-corrected chi connectivity index (χ3v) is 5.64. The molecular weight excluding hydrogens is 288 g/mol. The van der Waals surface area contributed by atoms with E-state index in [9.17, 15) is 8.42 Å². The Kier molecular flexibility index (Phi) is 4.14. The van der Waals surface area contributed by atoms with Gasteiger partial charge in [-0.15, -0.1) is 22.7 Å². The predicted molar refractivity (Wildman–Crippen MR) is 74.7 cm³/mol. The van der Waals surface area contributed by atoms with Crippen molar-refractivity contribution in [2.45, 2.75) is 31.8 Å². The fourth-order valence-corrected chi connectivity index (χ4v) is 4.42. The zero-order valence-corrected chi connectivity index (χ0v) is 12.7. The topological polar surface area (TPSA) is 59.9 Å². The molecule has 0 N–H and O–H groups in total. The second kappa shape index (κ2) is 5.46. The molecule has 0 radical (unpaired) electrons. The number of hydrogen-bond donors (Lipinski definition) is 0. The number of aromatic nitrogens is 2. The molecule has 7 heteroatoms. The Morgan fingerprint density at radius 2 is 1.72 bits per heavy atom. The molecule has 0 aliphatic heterocycles. The minimum atomic E-state index is -3.18. The fraction of sp³-hybridized carbons (Fsp3) is 0.455. The van der Waals surface area contributed by atoms with Gasteiger partial charge in [-0.2, -0.15) is 0 Å². The van der Waals surface area contributed by atoms with E-state index in [1.165, 1.54) is 22.7 Å². The summed E-state index contributed by atoms with van der Waals surface area (Å²) in [5, 5.41) is 5.49. The highest BCUT2D eigenvalue weighted by molar-refractivity contribution is 7.89. The van der Waals surface area contributed by atoms with Crippen molar-refractivity contribution in [2.24, 2.45) is 0 Å². The van der Waals surface area contributed by atoms with E-state index in [2.05, 4.69) is 9.97 Å². The van der Waals surface area contributed by atoms with Gasteiger partial charge in [-0.05, 0) is 13.3 Å². The van der Waals surface area contributed by atoms with Gasteiger partial charge in [-0.25, -0.2) is 18.4 Å². The van der Waals surface area contributed by atoms with Gasteiger partial charge >= 0.3 is 0 Å². The second-order valence-electron chi connectivity index (χ2n) is 3.98. The van der Waals surface area contributed by atoms with Crippen LogP contribution in [0.5, 0.6) is 0 Å². The lowest BCUT2D eigenvalue weighted by Crippen LogP contribution is -2.08. The highest BCUT2D eigenvalue weighted by Crippen LogP contribution is 2.17. The normalized spacial score (nSPS) is 11.9. The maximum atomic E-state index is 12.0.